The zero-order valence-corrected chi connectivity index (χ0v) is 11.2. The normalized spacial score (nSPS) is 14.5. The van der Waals surface area contributed by atoms with Crippen molar-refractivity contribution in [1.82, 2.24) is 0 Å². The molecule has 0 heterocycles. The number of halogens is 1. The van der Waals surface area contributed by atoms with Gasteiger partial charge in [-0.15, -0.1) is 0 Å². The zero-order valence-electron chi connectivity index (χ0n) is 11.2. The first-order valence-corrected chi connectivity index (χ1v) is 6.22. The fraction of sp³-hybridized carbons (Fsp3) is 0.571. The Hall–Kier alpha value is -1.09. The van der Waals surface area contributed by atoms with E-state index in [4.69, 9.17) is 5.73 Å². The molecule has 0 aliphatic heterocycles. The van der Waals surface area contributed by atoms with Crippen molar-refractivity contribution < 1.29 is 4.39 Å². The van der Waals surface area contributed by atoms with Crippen LogP contribution >= 0.6 is 0 Å². The minimum Gasteiger partial charge on any atom is -0.372 e. The Kier molecular flexibility index (Phi) is 4.94. The van der Waals surface area contributed by atoms with E-state index >= 15 is 0 Å². The number of anilines is 1. The van der Waals surface area contributed by atoms with Crippen molar-refractivity contribution >= 4 is 5.69 Å². The van der Waals surface area contributed by atoms with E-state index in [1.807, 2.05) is 24.9 Å². The van der Waals surface area contributed by atoms with E-state index in [0.29, 0.717) is 11.6 Å². The van der Waals surface area contributed by atoms with Gasteiger partial charge >= 0.3 is 0 Å². The van der Waals surface area contributed by atoms with Gasteiger partial charge in [-0.2, -0.15) is 0 Å². The predicted molar refractivity (Wildman–Crippen MR) is 71.7 cm³/mol. The van der Waals surface area contributed by atoms with Crippen LogP contribution in [0, 0.1) is 11.7 Å². The molecule has 0 saturated heterocycles. The lowest BCUT2D eigenvalue weighted by Crippen LogP contribution is -2.26. The Bertz CT molecular complexity index is 363. The Balaban J connectivity index is 3.02. The number of hydrogen-bond donors (Lipinski definition) is 1. The highest BCUT2D eigenvalue weighted by Gasteiger charge is 2.16. The van der Waals surface area contributed by atoms with E-state index < -0.39 is 0 Å². The molecule has 1 rings (SSSR count). The van der Waals surface area contributed by atoms with Crippen LogP contribution in [0.15, 0.2) is 18.2 Å². The lowest BCUT2D eigenvalue weighted by atomic mass is 10.0. The second kappa shape index (κ2) is 6.01. The summed E-state index contributed by atoms with van der Waals surface area (Å²) in [6, 6.07) is 4.96. The summed E-state index contributed by atoms with van der Waals surface area (Å²) in [6.07, 6.45) is 1.09. The summed E-state index contributed by atoms with van der Waals surface area (Å²) >= 11 is 0. The third kappa shape index (κ3) is 3.43. The SMILES string of the molecule is CCC(C)CN(C)c1c(F)cccc1[C@H](C)N. The van der Waals surface area contributed by atoms with Crippen molar-refractivity contribution in [2.45, 2.75) is 33.2 Å². The predicted octanol–water partition coefficient (Wildman–Crippen LogP) is 3.33. The molecule has 17 heavy (non-hydrogen) atoms. The average Bonchev–Trinajstić information content (AvgIpc) is 2.28. The van der Waals surface area contributed by atoms with Gasteiger partial charge in [0.1, 0.15) is 5.82 Å². The molecule has 2 atom stereocenters. The van der Waals surface area contributed by atoms with Crippen molar-refractivity contribution in [3.05, 3.63) is 29.6 Å². The first kappa shape index (κ1) is 14.0. The molecule has 96 valence electrons. The Morgan fingerprint density at radius 3 is 2.53 bits per heavy atom. The van der Waals surface area contributed by atoms with Crippen LogP contribution in [0.2, 0.25) is 0 Å². The first-order chi connectivity index (χ1) is 7.97. The minimum absolute atomic E-state index is 0.153. The molecule has 0 fully saturated rings. The molecule has 0 aliphatic rings. The zero-order chi connectivity index (χ0) is 13.0. The summed E-state index contributed by atoms with van der Waals surface area (Å²) in [5, 5.41) is 0. The highest BCUT2D eigenvalue weighted by Crippen LogP contribution is 2.28. The largest absolute Gasteiger partial charge is 0.372 e. The van der Waals surface area contributed by atoms with Gasteiger partial charge in [0.05, 0.1) is 5.69 Å². The van der Waals surface area contributed by atoms with Crippen molar-refractivity contribution in [3.63, 3.8) is 0 Å². The highest BCUT2D eigenvalue weighted by molar-refractivity contribution is 5.55. The van der Waals surface area contributed by atoms with E-state index in [1.165, 1.54) is 6.07 Å². The molecule has 0 amide bonds. The van der Waals surface area contributed by atoms with Gasteiger partial charge in [-0.05, 0) is 24.5 Å². The third-order valence-electron chi connectivity index (χ3n) is 3.17. The molecule has 0 bridgehead atoms. The van der Waals surface area contributed by atoms with Gasteiger partial charge in [0.25, 0.3) is 0 Å². The lowest BCUT2D eigenvalue weighted by Gasteiger charge is -2.26. The molecule has 1 aromatic carbocycles. The summed E-state index contributed by atoms with van der Waals surface area (Å²) in [5.41, 5.74) is 7.40. The third-order valence-corrected chi connectivity index (χ3v) is 3.17. The highest BCUT2D eigenvalue weighted by atomic mass is 19.1. The summed E-state index contributed by atoms with van der Waals surface area (Å²) < 4.78 is 13.9. The maximum Gasteiger partial charge on any atom is 0.146 e. The number of nitrogens with two attached hydrogens (primary N) is 1. The maximum atomic E-state index is 13.9. The van der Waals surface area contributed by atoms with Gasteiger partial charge in [0.2, 0.25) is 0 Å². The number of hydrogen-bond acceptors (Lipinski definition) is 2. The number of benzene rings is 1. The smallest absolute Gasteiger partial charge is 0.146 e. The summed E-state index contributed by atoms with van der Waals surface area (Å²) in [5.74, 6) is 0.353. The second-order valence-electron chi connectivity index (χ2n) is 4.86. The molecule has 3 heteroatoms. The van der Waals surface area contributed by atoms with Gasteiger partial charge in [0.15, 0.2) is 0 Å². The van der Waals surface area contributed by atoms with Crippen LogP contribution in [-0.2, 0) is 0 Å². The second-order valence-corrected chi connectivity index (χ2v) is 4.86. The fourth-order valence-corrected chi connectivity index (χ4v) is 1.99. The van der Waals surface area contributed by atoms with Crippen LogP contribution in [0.5, 0.6) is 0 Å². The molecular weight excluding hydrogens is 215 g/mol. The number of nitrogens with zero attached hydrogens (tertiary/aromatic N) is 1. The van der Waals surface area contributed by atoms with Crippen LogP contribution in [0.1, 0.15) is 38.8 Å². The van der Waals surface area contributed by atoms with Crippen molar-refractivity contribution in [2.75, 3.05) is 18.5 Å². The molecule has 1 unspecified atom stereocenters. The Morgan fingerprint density at radius 2 is 2.00 bits per heavy atom. The number of rotatable bonds is 5. The summed E-state index contributed by atoms with van der Waals surface area (Å²) in [7, 11) is 1.93. The van der Waals surface area contributed by atoms with Crippen LogP contribution in [0.3, 0.4) is 0 Å². The lowest BCUT2D eigenvalue weighted by molar-refractivity contribution is 0.547. The summed E-state index contributed by atoms with van der Waals surface area (Å²) in [6.45, 7) is 7.04. The standard InChI is InChI=1S/C14H23FN2/c1-5-10(2)9-17(4)14-12(11(3)16)7-6-8-13(14)15/h6-8,10-11H,5,9,16H2,1-4H3/t10?,11-/m0/s1. The minimum atomic E-state index is -0.189. The molecule has 1 aromatic rings. The van der Waals surface area contributed by atoms with Gasteiger partial charge in [0, 0.05) is 19.6 Å². The van der Waals surface area contributed by atoms with Gasteiger partial charge in [-0.1, -0.05) is 32.4 Å². The van der Waals surface area contributed by atoms with E-state index in [9.17, 15) is 4.39 Å². The maximum absolute atomic E-state index is 13.9. The first-order valence-electron chi connectivity index (χ1n) is 6.22. The van der Waals surface area contributed by atoms with Gasteiger partial charge in [-0.25, -0.2) is 4.39 Å². The average molecular weight is 238 g/mol. The molecule has 2 N–H and O–H groups in total. The van der Waals surface area contributed by atoms with Crippen LogP contribution in [-0.4, -0.2) is 13.6 Å². The molecule has 0 spiro atoms. The number of para-hydroxylation sites is 1. The fourth-order valence-electron chi connectivity index (χ4n) is 1.99. The van der Waals surface area contributed by atoms with Gasteiger partial charge < -0.3 is 10.6 Å². The van der Waals surface area contributed by atoms with Crippen LogP contribution in [0.4, 0.5) is 10.1 Å². The van der Waals surface area contributed by atoms with Crippen LogP contribution in [0.25, 0.3) is 0 Å². The van der Waals surface area contributed by atoms with Gasteiger partial charge in [-0.3, -0.25) is 0 Å². The molecule has 0 saturated carbocycles. The van der Waals surface area contributed by atoms with Crippen molar-refractivity contribution in [2.24, 2.45) is 11.7 Å². The topological polar surface area (TPSA) is 29.3 Å². The molecule has 2 nitrogen and oxygen atoms in total. The molecule has 0 radical (unpaired) electrons. The Morgan fingerprint density at radius 1 is 1.35 bits per heavy atom. The molecule has 0 aliphatic carbocycles. The van der Waals surface area contributed by atoms with Crippen molar-refractivity contribution in [1.29, 1.82) is 0 Å². The van der Waals surface area contributed by atoms with E-state index in [2.05, 4.69) is 13.8 Å². The molecule has 0 aromatic heterocycles. The molecular formula is C14H23FN2. The quantitative estimate of drug-likeness (QED) is 0.852. The monoisotopic (exact) mass is 238 g/mol. The summed E-state index contributed by atoms with van der Waals surface area (Å²) in [4.78, 5) is 1.97. The van der Waals surface area contributed by atoms with E-state index in [1.54, 1.807) is 6.07 Å². The Labute approximate surface area is 104 Å². The van der Waals surface area contributed by atoms with Crippen molar-refractivity contribution in [3.8, 4) is 0 Å². The van der Waals surface area contributed by atoms with E-state index in [-0.39, 0.29) is 11.9 Å². The van der Waals surface area contributed by atoms with E-state index in [0.717, 1.165) is 18.5 Å². The van der Waals surface area contributed by atoms with Crippen LogP contribution < -0.4 is 10.6 Å².